The lowest BCUT2D eigenvalue weighted by Gasteiger charge is -2.37. The first-order valence-corrected chi connectivity index (χ1v) is 9.30. The van der Waals surface area contributed by atoms with E-state index in [4.69, 9.17) is 0 Å². The molecule has 4 heterocycles. The maximum atomic E-state index is 4.45. The van der Waals surface area contributed by atoms with Crippen molar-refractivity contribution in [3.8, 4) is 5.13 Å². The van der Waals surface area contributed by atoms with Gasteiger partial charge in [-0.05, 0) is 57.5 Å². The third kappa shape index (κ3) is 2.98. The summed E-state index contributed by atoms with van der Waals surface area (Å²) in [5, 5.41) is 3.12. The maximum absolute atomic E-state index is 4.45. The van der Waals surface area contributed by atoms with Crippen molar-refractivity contribution >= 4 is 11.3 Å². The standard InChI is InChI=1S/C17H24N4S/c1-2-10-20(9-1)15-5-3-8-19(13-15)14-16-6-4-11-21(16)17-18-7-12-22-17/h4,6-7,11-12,15H,1-3,5,8-10,13-14H2. The van der Waals surface area contributed by atoms with Crippen LogP contribution >= 0.6 is 11.3 Å². The summed E-state index contributed by atoms with van der Waals surface area (Å²) >= 11 is 1.70. The molecule has 2 aromatic heterocycles. The summed E-state index contributed by atoms with van der Waals surface area (Å²) < 4.78 is 2.24. The van der Waals surface area contributed by atoms with Crippen LogP contribution in [-0.4, -0.2) is 51.6 Å². The highest BCUT2D eigenvalue weighted by Gasteiger charge is 2.27. The van der Waals surface area contributed by atoms with Gasteiger partial charge in [0.15, 0.2) is 5.13 Å². The Morgan fingerprint density at radius 2 is 2.09 bits per heavy atom. The number of rotatable bonds is 4. The molecule has 2 aliphatic heterocycles. The summed E-state index contributed by atoms with van der Waals surface area (Å²) in [5.41, 5.74) is 1.36. The molecular formula is C17H24N4S. The molecule has 2 fully saturated rings. The lowest BCUT2D eigenvalue weighted by atomic mass is 10.0. The molecule has 0 spiro atoms. The number of hydrogen-bond acceptors (Lipinski definition) is 4. The van der Waals surface area contributed by atoms with Crippen molar-refractivity contribution in [3.63, 3.8) is 0 Å². The van der Waals surface area contributed by atoms with Crippen LogP contribution in [0.15, 0.2) is 29.9 Å². The Morgan fingerprint density at radius 1 is 1.18 bits per heavy atom. The molecule has 4 rings (SSSR count). The van der Waals surface area contributed by atoms with E-state index in [0.29, 0.717) is 0 Å². The van der Waals surface area contributed by atoms with Crippen LogP contribution < -0.4 is 0 Å². The summed E-state index contributed by atoms with van der Waals surface area (Å²) in [5.74, 6) is 0. The first-order chi connectivity index (χ1) is 10.9. The SMILES string of the molecule is c1cc(CN2CCCC(N3CCCC3)C2)n(-c2nccs2)c1. The maximum Gasteiger partial charge on any atom is 0.193 e. The summed E-state index contributed by atoms with van der Waals surface area (Å²) in [7, 11) is 0. The summed E-state index contributed by atoms with van der Waals surface area (Å²) in [6.07, 6.45) is 9.51. The van der Waals surface area contributed by atoms with Crippen LogP contribution in [0.3, 0.4) is 0 Å². The predicted octanol–water partition coefficient (Wildman–Crippen LogP) is 2.99. The van der Waals surface area contributed by atoms with Crippen molar-refractivity contribution in [2.45, 2.75) is 38.3 Å². The van der Waals surface area contributed by atoms with Crippen molar-refractivity contribution in [1.82, 2.24) is 19.4 Å². The van der Waals surface area contributed by atoms with Gasteiger partial charge in [0.2, 0.25) is 0 Å². The zero-order valence-electron chi connectivity index (χ0n) is 13.0. The van der Waals surface area contributed by atoms with Crippen molar-refractivity contribution in [1.29, 1.82) is 0 Å². The Bertz CT molecular complexity index is 586. The Hall–Kier alpha value is -1.17. The molecule has 2 saturated heterocycles. The fourth-order valence-electron chi connectivity index (χ4n) is 3.88. The Morgan fingerprint density at radius 3 is 2.91 bits per heavy atom. The normalized spacial score (nSPS) is 24.1. The minimum atomic E-state index is 0.777. The molecule has 2 aromatic rings. The zero-order chi connectivity index (χ0) is 14.8. The molecule has 0 N–H and O–H groups in total. The molecule has 4 nitrogen and oxygen atoms in total. The van der Waals surface area contributed by atoms with Gasteiger partial charge in [-0.3, -0.25) is 14.4 Å². The quantitative estimate of drug-likeness (QED) is 0.866. The van der Waals surface area contributed by atoms with Crippen LogP contribution in [0, 0.1) is 0 Å². The molecular weight excluding hydrogens is 292 g/mol. The van der Waals surface area contributed by atoms with Gasteiger partial charge in [-0.2, -0.15) is 0 Å². The van der Waals surface area contributed by atoms with Gasteiger partial charge in [0.05, 0.1) is 0 Å². The van der Waals surface area contributed by atoms with Gasteiger partial charge in [-0.25, -0.2) is 4.98 Å². The van der Waals surface area contributed by atoms with E-state index in [1.807, 2.05) is 11.6 Å². The smallest absolute Gasteiger partial charge is 0.193 e. The molecule has 0 amide bonds. The molecule has 0 aromatic carbocycles. The van der Waals surface area contributed by atoms with E-state index in [-0.39, 0.29) is 0 Å². The second-order valence-electron chi connectivity index (χ2n) is 6.46. The van der Waals surface area contributed by atoms with Gasteiger partial charge in [0.25, 0.3) is 0 Å². The first kappa shape index (κ1) is 14.4. The highest BCUT2D eigenvalue weighted by Crippen LogP contribution is 2.23. The lowest BCUT2D eigenvalue weighted by molar-refractivity contribution is 0.109. The van der Waals surface area contributed by atoms with Crippen molar-refractivity contribution in [2.24, 2.45) is 0 Å². The second-order valence-corrected chi connectivity index (χ2v) is 7.33. The Labute approximate surface area is 136 Å². The largest absolute Gasteiger partial charge is 0.299 e. The summed E-state index contributed by atoms with van der Waals surface area (Å²) in [4.78, 5) is 9.79. The molecule has 0 radical (unpaired) electrons. The fraction of sp³-hybridized carbons (Fsp3) is 0.588. The molecule has 0 aliphatic carbocycles. The molecule has 118 valence electrons. The van der Waals surface area contributed by atoms with Gasteiger partial charge >= 0.3 is 0 Å². The molecule has 0 bridgehead atoms. The van der Waals surface area contributed by atoms with Crippen LogP contribution in [0.25, 0.3) is 5.13 Å². The number of nitrogens with zero attached hydrogens (tertiary/aromatic N) is 4. The number of hydrogen-bond donors (Lipinski definition) is 0. The Balaban J connectivity index is 1.44. The van der Waals surface area contributed by atoms with E-state index in [9.17, 15) is 0 Å². The minimum absolute atomic E-state index is 0.777. The van der Waals surface area contributed by atoms with E-state index in [0.717, 1.165) is 17.7 Å². The topological polar surface area (TPSA) is 24.3 Å². The van der Waals surface area contributed by atoms with Crippen LogP contribution in [0.1, 0.15) is 31.4 Å². The second kappa shape index (κ2) is 6.52. The predicted molar refractivity (Wildman–Crippen MR) is 90.5 cm³/mol. The van der Waals surface area contributed by atoms with Crippen LogP contribution in [0.5, 0.6) is 0 Å². The van der Waals surface area contributed by atoms with E-state index in [1.165, 1.54) is 57.6 Å². The highest BCUT2D eigenvalue weighted by molar-refractivity contribution is 7.12. The summed E-state index contributed by atoms with van der Waals surface area (Å²) in [6.45, 7) is 6.12. The monoisotopic (exact) mass is 316 g/mol. The molecule has 2 aliphatic rings. The first-order valence-electron chi connectivity index (χ1n) is 8.43. The number of thiazole rings is 1. The van der Waals surface area contributed by atoms with Gasteiger partial charge in [0.1, 0.15) is 0 Å². The average Bonchev–Trinajstić information content (AvgIpc) is 3.29. The zero-order valence-corrected chi connectivity index (χ0v) is 13.8. The van der Waals surface area contributed by atoms with Crippen LogP contribution in [0.4, 0.5) is 0 Å². The van der Waals surface area contributed by atoms with Gasteiger partial charge in [0, 0.05) is 42.6 Å². The molecule has 1 atom stereocenters. The highest BCUT2D eigenvalue weighted by atomic mass is 32.1. The van der Waals surface area contributed by atoms with E-state index < -0.39 is 0 Å². The van der Waals surface area contributed by atoms with Crippen molar-refractivity contribution in [3.05, 3.63) is 35.6 Å². The van der Waals surface area contributed by atoms with Crippen LogP contribution in [0.2, 0.25) is 0 Å². The average molecular weight is 316 g/mol. The Kier molecular flexibility index (Phi) is 4.28. The molecule has 5 heteroatoms. The number of piperidine rings is 1. The minimum Gasteiger partial charge on any atom is -0.299 e. The van der Waals surface area contributed by atoms with Crippen LogP contribution in [-0.2, 0) is 6.54 Å². The van der Waals surface area contributed by atoms with E-state index >= 15 is 0 Å². The van der Waals surface area contributed by atoms with Gasteiger partial charge in [-0.1, -0.05) is 0 Å². The fourth-order valence-corrected chi connectivity index (χ4v) is 4.53. The van der Waals surface area contributed by atoms with E-state index in [2.05, 4.69) is 37.7 Å². The molecule has 0 saturated carbocycles. The molecule has 22 heavy (non-hydrogen) atoms. The van der Waals surface area contributed by atoms with Gasteiger partial charge in [-0.15, -0.1) is 11.3 Å². The molecule has 1 unspecified atom stereocenters. The third-order valence-electron chi connectivity index (χ3n) is 4.98. The third-order valence-corrected chi connectivity index (χ3v) is 5.75. The lowest BCUT2D eigenvalue weighted by Crippen LogP contribution is -2.46. The van der Waals surface area contributed by atoms with E-state index in [1.54, 1.807) is 11.3 Å². The summed E-state index contributed by atoms with van der Waals surface area (Å²) in [6, 6.07) is 5.15. The van der Waals surface area contributed by atoms with Gasteiger partial charge < -0.3 is 0 Å². The number of aromatic nitrogens is 2. The van der Waals surface area contributed by atoms with Crippen molar-refractivity contribution in [2.75, 3.05) is 26.2 Å². The van der Waals surface area contributed by atoms with Crippen molar-refractivity contribution < 1.29 is 0 Å². The number of likely N-dealkylation sites (tertiary alicyclic amines) is 2.